The fraction of sp³-hybridized carbons (Fsp3) is 0.667. The molecule has 1 fully saturated rings. The van der Waals surface area contributed by atoms with E-state index in [2.05, 4.69) is 36.9 Å². The van der Waals surface area contributed by atoms with Crippen LogP contribution < -0.4 is 5.73 Å². The molecule has 0 spiro atoms. The summed E-state index contributed by atoms with van der Waals surface area (Å²) in [6.45, 7) is 9.42. The highest BCUT2D eigenvalue weighted by molar-refractivity contribution is 5.76. The number of likely N-dealkylation sites (tertiary alicyclic amines) is 1. The minimum absolute atomic E-state index is 0.141. The number of nitrogens with two attached hydrogens (primary N) is 1. The molecule has 0 radical (unpaired) electrons. The monoisotopic (exact) mass is 399 g/mol. The molecule has 0 amide bonds. The Morgan fingerprint density at radius 3 is 2.48 bits per heavy atom. The highest BCUT2D eigenvalue weighted by Crippen LogP contribution is 2.35. The standard InChI is InChI=1S/C24H37N3O2/c1-5-18(6-2)12-21(26)23-20(14-25)13-22(24(28)29-16-17(3)4)27(23)15-19-10-8-7-9-11-19/h7-11,17-18,20-23H,5-6,12-13,15-16,26H2,1-4H3/t20-,21-,22+,23?/m0/s1. The van der Waals surface area contributed by atoms with Crippen molar-refractivity contribution in [2.45, 2.75) is 78.0 Å². The van der Waals surface area contributed by atoms with E-state index in [0.717, 1.165) is 24.8 Å². The van der Waals surface area contributed by atoms with E-state index in [1.54, 1.807) is 0 Å². The number of nitrogens with zero attached hydrogens (tertiary/aromatic N) is 2. The van der Waals surface area contributed by atoms with E-state index in [-0.39, 0.29) is 29.9 Å². The molecule has 1 aromatic carbocycles. The predicted molar refractivity (Wildman–Crippen MR) is 116 cm³/mol. The molecule has 2 rings (SSSR count). The van der Waals surface area contributed by atoms with Gasteiger partial charge in [-0.1, -0.05) is 70.9 Å². The van der Waals surface area contributed by atoms with Crippen molar-refractivity contribution in [3.8, 4) is 6.07 Å². The Labute approximate surface area is 176 Å². The summed E-state index contributed by atoms with van der Waals surface area (Å²) < 4.78 is 5.57. The van der Waals surface area contributed by atoms with Crippen LogP contribution in [0.15, 0.2) is 30.3 Å². The van der Waals surface area contributed by atoms with Gasteiger partial charge in [-0.15, -0.1) is 0 Å². The molecule has 1 aromatic rings. The summed E-state index contributed by atoms with van der Waals surface area (Å²) in [7, 11) is 0. The Kier molecular flexibility index (Phi) is 9.13. The Bertz CT molecular complexity index is 666. The fourth-order valence-corrected chi connectivity index (χ4v) is 4.36. The highest BCUT2D eigenvalue weighted by atomic mass is 16.5. The lowest BCUT2D eigenvalue weighted by molar-refractivity contribution is -0.150. The highest BCUT2D eigenvalue weighted by Gasteiger charge is 2.47. The number of rotatable bonds is 10. The molecule has 0 aromatic heterocycles. The van der Waals surface area contributed by atoms with Crippen LogP contribution in [0.5, 0.6) is 0 Å². The summed E-state index contributed by atoms with van der Waals surface area (Å²) in [5.41, 5.74) is 7.80. The molecular formula is C24H37N3O2. The minimum atomic E-state index is -0.420. The van der Waals surface area contributed by atoms with E-state index in [1.807, 2.05) is 32.0 Å². The third kappa shape index (κ3) is 6.29. The molecule has 1 unspecified atom stereocenters. The number of esters is 1. The lowest BCUT2D eigenvalue weighted by atomic mass is 9.87. The summed E-state index contributed by atoms with van der Waals surface area (Å²) in [6, 6.07) is 11.8. The Morgan fingerprint density at radius 2 is 1.93 bits per heavy atom. The van der Waals surface area contributed by atoms with Crippen LogP contribution in [-0.2, 0) is 16.1 Å². The first-order valence-electron chi connectivity index (χ1n) is 11.0. The van der Waals surface area contributed by atoms with E-state index in [0.29, 0.717) is 25.5 Å². The summed E-state index contributed by atoms with van der Waals surface area (Å²) in [6.07, 6.45) is 3.51. The van der Waals surface area contributed by atoms with Crippen molar-refractivity contribution >= 4 is 5.97 Å². The number of benzene rings is 1. The average molecular weight is 400 g/mol. The molecule has 1 saturated heterocycles. The maximum atomic E-state index is 12.9. The number of carbonyl (C=O) groups excluding carboxylic acids is 1. The molecule has 5 heteroatoms. The second kappa shape index (κ2) is 11.3. The first-order valence-corrected chi connectivity index (χ1v) is 11.0. The SMILES string of the molecule is CCC(CC)C[C@H](N)C1[C@H](C#N)C[C@H](C(=O)OCC(C)C)N1Cc1ccccc1. The molecule has 0 saturated carbocycles. The van der Waals surface area contributed by atoms with Crippen LogP contribution in [0.4, 0.5) is 0 Å². The first-order chi connectivity index (χ1) is 13.9. The lowest BCUT2D eigenvalue weighted by Crippen LogP contribution is -2.51. The summed E-state index contributed by atoms with van der Waals surface area (Å²) in [4.78, 5) is 15.0. The third-order valence-corrected chi connectivity index (χ3v) is 6.08. The summed E-state index contributed by atoms with van der Waals surface area (Å²) in [5.74, 6) is 0.323. The molecule has 1 heterocycles. The van der Waals surface area contributed by atoms with Crippen LogP contribution in [0.2, 0.25) is 0 Å². The van der Waals surface area contributed by atoms with Crippen LogP contribution in [-0.4, -0.2) is 35.6 Å². The van der Waals surface area contributed by atoms with Crippen molar-refractivity contribution in [2.24, 2.45) is 23.5 Å². The van der Waals surface area contributed by atoms with Crippen molar-refractivity contribution in [1.82, 2.24) is 4.90 Å². The van der Waals surface area contributed by atoms with Crippen molar-refractivity contribution in [1.29, 1.82) is 5.26 Å². The normalized spacial score (nSPS) is 23.3. The zero-order valence-corrected chi connectivity index (χ0v) is 18.4. The third-order valence-electron chi connectivity index (χ3n) is 6.08. The number of hydrogen-bond donors (Lipinski definition) is 1. The van der Waals surface area contributed by atoms with Gasteiger partial charge in [0.25, 0.3) is 0 Å². The van der Waals surface area contributed by atoms with Crippen LogP contribution in [0.25, 0.3) is 0 Å². The van der Waals surface area contributed by atoms with E-state index in [4.69, 9.17) is 10.5 Å². The van der Waals surface area contributed by atoms with Gasteiger partial charge in [0.2, 0.25) is 0 Å². The molecule has 1 aliphatic heterocycles. The fourth-order valence-electron chi connectivity index (χ4n) is 4.36. The summed E-state index contributed by atoms with van der Waals surface area (Å²) >= 11 is 0. The van der Waals surface area contributed by atoms with Gasteiger partial charge < -0.3 is 10.5 Å². The van der Waals surface area contributed by atoms with Gasteiger partial charge in [0, 0.05) is 18.6 Å². The maximum absolute atomic E-state index is 12.9. The number of hydrogen-bond acceptors (Lipinski definition) is 5. The smallest absolute Gasteiger partial charge is 0.323 e. The van der Waals surface area contributed by atoms with Gasteiger partial charge in [0.15, 0.2) is 0 Å². The second-order valence-electron chi connectivity index (χ2n) is 8.74. The van der Waals surface area contributed by atoms with Crippen LogP contribution in [0, 0.1) is 29.1 Å². The van der Waals surface area contributed by atoms with Gasteiger partial charge in [-0.3, -0.25) is 9.69 Å². The van der Waals surface area contributed by atoms with E-state index in [9.17, 15) is 10.1 Å². The molecule has 0 aliphatic carbocycles. The first kappa shape index (κ1) is 23.4. The van der Waals surface area contributed by atoms with E-state index in [1.165, 1.54) is 0 Å². The maximum Gasteiger partial charge on any atom is 0.323 e. The van der Waals surface area contributed by atoms with Crippen LogP contribution in [0.3, 0.4) is 0 Å². The largest absolute Gasteiger partial charge is 0.464 e. The Balaban J connectivity index is 2.28. The molecule has 29 heavy (non-hydrogen) atoms. The van der Waals surface area contributed by atoms with Crippen molar-refractivity contribution < 1.29 is 9.53 Å². The second-order valence-corrected chi connectivity index (χ2v) is 8.74. The number of ether oxygens (including phenoxy) is 1. The topological polar surface area (TPSA) is 79.3 Å². The van der Waals surface area contributed by atoms with Crippen molar-refractivity contribution in [3.05, 3.63) is 35.9 Å². The molecular weight excluding hydrogens is 362 g/mol. The molecule has 5 nitrogen and oxygen atoms in total. The molecule has 1 aliphatic rings. The van der Waals surface area contributed by atoms with Gasteiger partial charge in [-0.05, 0) is 30.2 Å². The van der Waals surface area contributed by atoms with Gasteiger partial charge in [-0.2, -0.15) is 5.26 Å². The average Bonchev–Trinajstić information content (AvgIpc) is 3.09. The summed E-state index contributed by atoms with van der Waals surface area (Å²) in [5, 5.41) is 9.85. The van der Waals surface area contributed by atoms with Crippen molar-refractivity contribution in [2.75, 3.05) is 6.61 Å². The van der Waals surface area contributed by atoms with Gasteiger partial charge >= 0.3 is 5.97 Å². The minimum Gasteiger partial charge on any atom is -0.464 e. The molecule has 160 valence electrons. The van der Waals surface area contributed by atoms with E-state index >= 15 is 0 Å². The zero-order chi connectivity index (χ0) is 21.4. The van der Waals surface area contributed by atoms with Crippen molar-refractivity contribution in [3.63, 3.8) is 0 Å². The van der Waals surface area contributed by atoms with E-state index < -0.39 is 6.04 Å². The zero-order valence-electron chi connectivity index (χ0n) is 18.4. The molecule has 2 N–H and O–H groups in total. The van der Waals surface area contributed by atoms with Crippen LogP contribution in [0.1, 0.15) is 58.9 Å². The molecule has 4 atom stereocenters. The number of carbonyl (C=O) groups is 1. The lowest BCUT2D eigenvalue weighted by Gasteiger charge is -2.34. The van der Waals surface area contributed by atoms with Gasteiger partial charge in [0.05, 0.1) is 18.6 Å². The molecule has 0 bridgehead atoms. The van der Waals surface area contributed by atoms with Gasteiger partial charge in [0.1, 0.15) is 6.04 Å². The number of nitriles is 1. The van der Waals surface area contributed by atoms with Gasteiger partial charge in [-0.25, -0.2) is 0 Å². The van der Waals surface area contributed by atoms with Crippen LogP contribution >= 0.6 is 0 Å². The Morgan fingerprint density at radius 1 is 1.28 bits per heavy atom. The predicted octanol–water partition coefficient (Wildman–Crippen LogP) is 4.12. The quantitative estimate of drug-likeness (QED) is 0.599. The Hall–Kier alpha value is -1.90.